The Morgan fingerprint density at radius 2 is 1.31 bits per heavy atom. The number of rotatable bonds is 5. The maximum Gasteiger partial charge on any atom is 0.234 e. The van der Waals surface area contributed by atoms with Gasteiger partial charge >= 0.3 is 0 Å². The van der Waals surface area contributed by atoms with Crippen LogP contribution in [0.1, 0.15) is 34.1 Å². The predicted octanol–water partition coefficient (Wildman–Crippen LogP) is 4.55. The number of aromatic hydroxyl groups is 1. The maximum absolute atomic E-state index is 13.9. The molecular formula is C30H26N2O5S2. The van der Waals surface area contributed by atoms with Crippen molar-refractivity contribution in [3.63, 3.8) is 0 Å². The summed E-state index contributed by atoms with van der Waals surface area (Å²) < 4.78 is 0. The monoisotopic (exact) mass is 558 g/mol. The summed E-state index contributed by atoms with van der Waals surface area (Å²) in [5.74, 6) is -3.40. The molecule has 4 aliphatic rings. The fourth-order valence-corrected chi connectivity index (χ4v) is 8.59. The molecule has 0 spiro atoms. The van der Waals surface area contributed by atoms with Crippen LogP contribution in [0.2, 0.25) is 0 Å². The molecule has 6 atom stereocenters. The zero-order chi connectivity index (χ0) is 26.8. The smallest absolute Gasteiger partial charge is 0.234 e. The van der Waals surface area contributed by atoms with Gasteiger partial charge in [-0.2, -0.15) is 0 Å². The average molecular weight is 559 g/mol. The summed E-state index contributed by atoms with van der Waals surface area (Å²) in [6, 6.07) is 14.5. The zero-order valence-corrected chi connectivity index (χ0v) is 22.6. The number of likely N-dealkylation sites (tertiary alicyclic amines) is 2. The number of thiophene rings is 2. The van der Waals surface area contributed by atoms with Gasteiger partial charge in [-0.25, -0.2) is 0 Å². The minimum atomic E-state index is -0.574. The Bertz CT molecular complexity index is 1490. The summed E-state index contributed by atoms with van der Waals surface area (Å²) in [5.41, 5.74) is 1.81. The van der Waals surface area contributed by atoms with Crippen LogP contribution in [0.25, 0.3) is 0 Å². The number of carbonyl (C=O) groups is 4. The topological polar surface area (TPSA) is 95.0 Å². The molecule has 39 heavy (non-hydrogen) atoms. The predicted molar refractivity (Wildman–Crippen MR) is 145 cm³/mol. The van der Waals surface area contributed by atoms with Gasteiger partial charge in [0.2, 0.25) is 23.6 Å². The Balaban J connectivity index is 1.28. The van der Waals surface area contributed by atoms with E-state index in [0.29, 0.717) is 12.8 Å². The Hall–Kier alpha value is -3.56. The van der Waals surface area contributed by atoms with Gasteiger partial charge < -0.3 is 5.11 Å². The largest absolute Gasteiger partial charge is 0.508 e. The van der Waals surface area contributed by atoms with Gasteiger partial charge in [-0.15, -0.1) is 22.7 Å². The maximum atomic E-state index is 13.9. The number of carbonyl (C=O) groups excluding carboxylic acids is 4. The van der Waals surface area contributed by atoms with E-state index in [1.165, 1.54) is 32.5 Å². The van der Waals surface area contributed by atoms with Crippen molar-refractivity contribution in [3.05, 3.63) is 86.3 Å². The molecule has 6 unspecified atom stereocenters. The van der Waals surface area contributed by atoms with E-state index in [0.717, 1.165) is 20.9 Å². The van der Waals surface area contributed by atoms with Crippen LogP contribution in [-0.2, 0) is 32.3 Å². The molecule has 4 heterocycles. The van der Waals surface area contributed by atoms with E-state index in [4.69, 9.17) is 0 Å². The molecule has 1 N–H and O–H groups in total. The van der Waals surface area contributed by atoms with Crippen LogP contribution in [0, 0.1) is 29.6 Å². The van der Waals surface area contributed by atoms with Gasteiger partial charge in [0.05, 0.1) is 36.8 Å². The molecule has 198 valence electrons. The molecule has 9 heteroatoms. The highest BCUT2D eigenvalue weighted by atomic mass is 32.1. The van der Waals surface area contributed by atoms with Crippen LogP contribution in [0.4, 0.5) is 0 Å². The van der Waals surface area contributed by atoms with Gasteiger partial charge in [0.15, 0.2) is 0 Å². The molecule has 0 bridgehead atoms. The van der Waals surface area contributed by atoms with E-state index in [1.807, 2.05) is 35.0 Å². The molecule has 2 aliphatic heterocycles. The summed E-state index contributed by atoms with van der Waals surface area (Å²) in [6.45, 7) is 0.510. The Labute approximate surface area is 233 Å². The molecule has 3 fully saturated rings. The number of amides is 4. The minimum absolute atomic E-state index is 0.120. The van der Waals surface area contributed by atoms with Gasteiger partial charge in [-0.05, 0) is 59.3 Å². The highest BCUT2D eigenvalue weighted by Gasteiger charge is 2.61. The second kappa shape index (κ2) is 9.27. The van der Waals surface area contributed by atoms with Crippen molar-refractivity contribution in [1.82, 2.24) is 9.80 Å². The Morgan fingerprint density at radius 3 is 1.90 bits per heavy atom. The van der Waals surface area contributed by atoms with Crippen molar-refractivity contribution in [2.24, 2.45) is 29.6 Å². The first-order chi connectivity index (χ1) is 18.9. The lowest BCUT2D eigenvalue weighted by molar-refractivity contribution is -0.142. The third-order valence-electron chi connectivity index (χ3n) is 8.87. The SMILES string of the molecule is O=C1C2CC=C3C(CC4C(=O)N(Cc5cccs5)C(=O)C4C3c3ccc(O)cc3)C2C(=O)N1Cc1cccs1. The van der Waals surface area contributed by atoms with Crippen molar-refractivity contribution in [1.29, 1.82) is 0 Å². The van der Waals surface area contributed by atoms with Crippen LogP contribution in [0.15, 0.2) is 70.9 Å². The molecule has 2 aliphatic carbocycles. The van der Waals surface area contributed by atoms with Crippen LogP contribution in [0.3, 0.4) is 0 Å². The number of benzene rings is 1. The number of nitrogens with zero attached hydrogens (tertiary/aromatic N) is 2. The van der Waals surface area contributed by atoms with Crippen molar-refractivity contribution in [2.45, 2.75) is 31.8 Å². The highest BCUT2D eigenvalue weighted by molar-refractivity contribution is 7.10. The number of hydrogen-bond donors (Lipinski definition) is 1. The van der Waals surface area contributed by atoms with E-state index >= 15 is 0 Å². The quantitative estimate of drug-likeness (QED) is 0.366. The van der Waals surface area contributed by atoms with Crippen molar-refractivity contribution in [3.8, 4) is 5.75 Å². The number of phenolic OH excluding ortho intramolecular Hbond substituents is 1. The third kappa shape index (κ3) is 3.82. The van der Waals surface area contributed by atoms with Crippen LogP contribution < -0.4 is 0 Å². The summed E-state index contributed by atoms with van der Waals surface area (Å²) >= 11 is 3.03. The summed E-state index contributed by atoms with van der Waals surface area (Å²) in [5, 5.41) is 13.8. The van der Waals surface area contributed by atoms with Crippen molar-refractivity contribution in [2.75, 3.05) is 0 Å². The van der Waals surface area contributed by atoms with Gasteiger partial charge in [0, 0.05) is 15.7 Å². The molecule has 1 aromatic carbocycles. The molecule has 2 aromatic heterocycles. The fraction of sp³-hybridized carbons (Fsp3) is 0.333. The second-order valence-corrected chi connectivity index (χ2v) is 12.9. The standard InChI is InChI=1S/C30H26N2O5S2/c33-17-7-5-16(6-8-17)24-20-9-10-21-25(29(36)31(27(21)34)14-18-3-1-11-38-18)22(20)13-23-26(24)30(37)32(28(23)35)15-19-4-2-12-39-19/h1-9,11-12,21-26,33H,10,13-15H2. The third-order valence-corrected chi connectivity index (χ3v) is 10.6. The first-order valence-electron chi connectivity index (χ1n) is 13.2. The molecule has 0 radical (unpaired) electrons. The number of imide groups is 2. The number of allylic oxidation sites excluding steroid dienone is 2. The fourth-order valence-electron chi connectivity index (χ4n) is 7.20. The molecule has 2 saturated heterocycles. The molecule has 4 amide bonds. The summed E-state index contributed by atoms with van der Waals surface area (Å²) in [7, 11) is 0. The molecule has 3 aromatic rings. The second-order valence-electron chi connectivity index (χ2n) is 10.8. The minimum Gasteiger partial charge on any atom is -0.508 e. The van der Waals surface area contributed by atoms with Gasteiger partial charge in [-0.3, -0.25) is 29.0 Å². The van der Waals surface area contributed by atoms with Crippen molar-refractivity contribution < 1.29 is 24.3 Å². The Kier molecular flexibility index (Phi) is 5.82. The summed E-state index contributed by atoms with van der Waals surface area (Å²) in [4.78, 5) is 59.6. The number of hydrogen-bond acceptors (Lipinski definition) is 7. The van der Waals surface area contributed by atoms with Crippen LogP contribution in [-0.4, -0.2) is 38.5 Å². The molecule has 7 nitrogen and oxygen atoms in total. The lowest BCUT2D eigenvalue weighted by Crippen LogP contribution is -2.43. The van der Waals surface area contributed by atoms with Crippen molar-refractivity contribution >= 4 is 46.3 Å². The van der Waals surface area contributed by atoms with E-state index in [2.05, 4.69) is 6.08 Å². The average Bonchev–Trinajstić information content (AvgIpc) is 3.73. The lowest BCUT2D eigenvalue weighted by Gasteiger charge is -2.44. The molecular weight excluding hydrogens is 532 g/mol. The normalized spacial score (nSPS) is 29.9. The van der Waals surface area contributed by atoms with Gasteiger partial charge in [0.1, 0.15) is 5.75 Å². The zero-order valence-electron chi connectivity index (χ0n) is 20.9. The highest BCUT2D eigenvalue weighted by Crippen LogP contribution is 2.58. The number of fused-ring (bicyclic) bond motifs is 4. The summed E-state index contributed by atoms with van der Waals surface area (Å²) in [6.07, 6.45) is 2.87. The van der Waals surface area contributed by atoms with Crippen LogP contribution in [0.5, 0.6) is 5.75 Å². The molecule has 1 saturated carbocycles. The van der Waals surface area contributed by atoms with E-state index < -0.39 is 29.6 Å². The lowest BCUT2D eigenvalue weighted by atomic mass is 9.57. The van der Waals surface area contributed by atoms with E-state index in [-0.39, 0.29) is 48.4 Å². The first kappa shape index (κ1) is 24.5. The van der Waals surface area contributed by atoms with E-state index in [9.17, 15) is 24.3 Å². The van der Waals surface area contributed by atoms with E-state index in [1.54, 1.807) is 24.3 Å². The number of phenols is 1. The molecule has 7 rings (SSSR count). The van der Waals surface area contributed by atoms with Gasteiger partial charge in [0.25, 0.3) is 0 Å². The first-order valence-corrected chi connectivity index (χ1v) is 14.9. The van der Waals surface area contributed by atoms with Crippen LogP contribution >= 0.6 is 22.7 Å². The Morgan fingerprint density at radius 1 is 0.718 bits per heavy atom. The van der Waals surface area contributed by atoms with Gasteiger partial charge in [-0.1, -0.05) is 35.9 Å².